The number of anilines is 1. The average Bonchev–Trinajstić information content (AvgIpc) is 2.75. The molecule has 0 amide bonds. The van der Waals surface area contributed by atoms with Gasteiger partial charge in [0.25, 0.3) is 0 Å². The number of methoxy groups -OCH3 is 1. The van der Waals surface area contributed by atoms with Gasteiger partial charge in [-0.2, -0.15) is 0 Å². The first kappa shape index (κ1) is 10.9. The first-order valence-electron chi connectivity index (χ1n) is 5.44. The minimum absolute atomic E-state index is 0.356. The number of ether oxygens (including phenoxy) is 1. The molecule has 2 rings (SSSR count). The molecule has 15 heavy (non-hydrogen) atoms. The molecular weight excluding hydrogens is 208 g/mol. The minimum Gasteiger partial charge on any atom is -0.379 e. The SMILES string of the molecule is COC1CCCC1Nc1nc(C)c(C)s1. The summed E-state index contributed by atoms with van der Waals surface area (Å²) in [5.74, 6) is 0. The molecule has 0 spiro atoms. The summed E-state index contributed by atoms with van der Waals surface area (Å²) in [4.78, 5) is 5.79. The van der Waals surface area contributed by atoms with Crippen LogP contribution in [0.3, 0.4) is 0 Å². The van der Waals surface area contributed by atoms with E-state index in [1.807, 2.05) is 0 Å². The van der Waals surface area contributed by atoms with E-state index in [2.05, 4.69) is 24.1 Å². The molecule has 3 nitrogen and oxygen atoms in total. The molecule has 2 unspecified atom stereocenters. The number of aromatic nitrogens is 1. The van der Waals surface area contributed by atoms with Crippen LogP contribution in [0.4, 0.5) is 5.13 Å². The molecule has 1 fully saturated rings. The van der Waals surface area contributed by atoms with Crippen molar-refractivity contribution in [3.8, 4) is 0 Å². The molecule has 0 saturated heterocycles. The number of aryl methyl sites for hydroxylation is 2. The molecule has 84 valence electrons. The Bertz CT molecular complexity index is 318. The molecule has 0 radical (unpaired) electrons. The Morgan fingerprint density at radius 1 is 1.40 bits per heavy atom. The predicted molar refractivity (Wildman–Crippen MR) is 63.6 cm³/mol. The fourth-order valence-electron chi connectivity index (χ4n) is 2.07. The summed E-state index contributed by atoms with van der Waals surface area (Å²) in [5, 5.41) is 4.53. The lowest BCUT2D eigenvalue weighted by molar-refractivity contribution is 0.101. The van der Waals surface area contributed by atoms with Crippen LogP contribution in [0.5, 0.6) is 0 Å². The van der Waals surface area contributed by atoms with Crippen LogP contribution in [-0.4, -0.2) is 24.2 Å². The molecule has 2 atom stereocenters. The van der Waals surface area contributed by atoms with E-state index in [9.17, 15) is 0 Å². The van der Waals surface area contributed by atoms with Gasteiger partial charge in [0.2, 0.25) is 0 Å². The molecule has 4 heteroatoms. The lowest BCUT2D eigenvalue weighted by atomic mass is 10.2. The first-order valence-corrected chi connectivity index (χ1v) is 6.25. The molecule has 1 saturated carbocycles. The second-order valence-electron chi connectivity index (χ2n) is 4.12. The van der Waals surface area contributed by atoms with E-state index in [1.54, 1.807) is 18.4 Å². The third-order valence-corrected chi connectivity index (χ3v) is 4.10. The fourth-order valence-corrected chi connectivity index (χ4v) is 2.94. The molecule has 0 aromatic carbocycles. The lowest BCUT2D eigenvalue weighted by Gasteiger charge is -2.18. The van der Waals surface area contributed by atoms with E-state index >= 15 is 0 Å². The number of thiazole rings is 1. The van der Waals surface area contributed by atoms with E-state index in [4.69, 9.17) is 4.74 Å². The number of rotatable bonds is 3. The zero-order valence-corrected chi connectivity index (χ0v) is 10.4. The van der Waals surface area contributed by atoms with Crippen molar-refractivity contribution in [2.45, 2.75) is 45.3 Å². The van der Waals surface area contributed by atoms with Crippen LogP contribution in [0.15, 0.2) is 0 Å². The van der Waals surface area contributed by atoms with Gasteiger partial charge in [0.15, 0.2) is 5.13 Å². The molecule has 1 aromatic rings. The molecule has 1 heterocycles. The summed E-state index contributed by atoms with van der Waals surface area (Å²) in [5.41, 5.74) is 1.13. The minimum atomic E-state index is 0.356. The van der Waals surface area contributed by atoms with E-state index in [0.717, 1.165) is 17.2 Å². The summed E-state index contributed by atoms with van der Waals surface area (Å²) < 4.78 is 5.45. The molecule has 1 N–H and O–H groups in total. The highest BCUT2D eigenvalue weighted by Gasteiger charge is 2.27. The van der Waals surface area contributed by atoms with Gasteiger partial charge in [0.05, 0.1) is 17.8 Å². The van der Waals surface area contributed by atoms with Gasteiger partial charge in [-0.05, 0) is 33.1 Å². The van der Waals surface area contributed by atoms with Gasteiger partial charge < -0.3 is 10.1 Å². The van der Waals surface area contributed by atoms with Crippen LogP contribution in [0.25, 0.3) is 0 Å². The Morgan fingerprint density at radius 2 is 2.20 bits per heavy atom. The van der Waals surface area contributed by atoms with Crippen LogP contribution in [-0.2, 0) is 4.74 Å². The van der Waals surface area contributed by atoms with Crippen molar-refractivity contribution in [3.05, 3.63) is 10.6 Å². The number of nitrogens with one attached hydrogen (secondary N) is 1. The molecule has 0 bridgehead atoms. The largest absolute Gasteiger partial charge is 0.379 e. The van der Waals surface area contributed by atoms with E-state index < -0.39 is 0 Å². The summed E-state index contributed by atoms with van der Waals surface area (Å²) in [7, 11) is 1.79. The quantitative estimate of drug-likeness (QED) is 0.860. The van der Waals surface area contributed by atoms with Crippen LogP contribution < -0.4 is 5.32 Å². The Hall–Kier alpha value is -0.610. The fraction of sp³-hybridized carbons (Fsp3) is 0.727. The number of hydrogen-bond acceptors (Lipinski definition) is 4. The van der Waals surface area contributed by atoms with Gasteiger partial charge in [0, 0.05) is 12.0 Å². The van der Waals surface area contributed by atoms with Crippen molar-refractivity contribution in [1.29, 1.82) is 0 Å². The predicted octanol–water partition coefficient (Wildman–Crippen LogP) is 2.74. The van der Waals surface area contributed by atoms with E-state index in [1.165, 1.54) is 17.7 Å². The smallest absolute Gasteiger partial charge is 0.183 e. The zero-order chi connectivity index (χ0) is 10.8. The summed E-state index contributed by atoms with van der Waals surface area (Å²) in [6.45, 7) is 4.17. The maximum Gasteiger partial charge on any atom is 0.183 e. The van der Waals surface area contributed by atoms with Crippen LogP contribution in [0, 0.1) is 13.8 Å². The Morgan fingerprint density at radius 3 is 2.80 bits per heavy atom. The van der Waals surface area contributed by atoms with Crippen LogP contribution >= 0.6 is 11.3 Å². The van der Waals surface area contributed by atoms with Crippen molar-refractivity contribution >= 4 is 16.5 Å². The van der Waals surface area contributed by atoms with Gasteiger partial charge in [-0.25, -0.2) is 4.98 Å². The van der Waals surface area contributed by atoms with Crippen molar-refractivity contribution in [2.75, 3.05) is 12.4 Å². The maximum atomic E-state index is 5.45. The van der Waals surface area contributed by atoms with E-state index in [0.29, 0.717) is 12.1 Å². The van der Waals surface area contributed by atoms with Gasteiger partial charge in [-0.15, -0.1) is 11.3 Å². The van der Waals surface area contributed by atoms with Gasteiger partial charge >= 0.3 is 0 Å². The average molecular weight is 226 g/mol. The molecule has 1 aliphatic rings. The molecule has 1 aromatic heterocycles. The number of hydrogen-bond donors (Lipinski definition) is 1. The standard InChI is InChI=1S/C11H18N2OS/c1-7-8(2)15-11(12-7)13-9-5-4-6-10(9)14-3/h9-10H,4-6H2,1-3H3,(H,12,13). The van der Waals surface area contributed by atoms with Crippen molar-refractivity contribution in [1.82, 2.24) is 4.98 Å². The monoisotopic (exact) mass is 226 g/mol. The Balaban J connectivity index is 2.02. The van der Waals surface area contributed by atoms with Crippen LogP contribution in [0.1, 0.15) is 29.8 Å². The summed E-state index contributed by atoms with van der Waals surface area (Å²) in [6, 6.07) is 0.444. The molecular formula is C11H18N2OS. The van der Waals surface area contributed by atoms with E-state index in [-0.39, 0.29) is 0 Å². The first-order chi connectivity index (χ1) is 7.20. The maximum absolute atomic E-state index is 5.45. The second-order valence-corrected chi connectivity index (χ2v) is 5.32. The summed E-state index contributed by atoms with van der Waals surface area (Å²) >= 11 is 1.74. The second kappa shape index (κ2) is 4.49. The highest BCUT2D eigenvalue weighted by Crippen LogP contribution is 2.28. The van der Waals surface area contributed by atoms with Crippen molar-refractivity contribution in [2.24, 2.45) is 0 Å². The highest BCUT2D eigenvalue weighted by molar-refractivity contribution is 7.15. The number of nitrogens with zero attached hydrogens (tertiary/aromatic N) is 1. The zero-order valence-electron chi connectivity index (χ0n) is 9.54. The summed E-state index contributed by atoms with van der Waals surface area (Å²) in [6.07, 6.45) is 3.96. The third-order valence-electron chi connectivity index (χ3n) is 3.09. The molecule has 0 aliphatic heterocycles. The van der Waals surface area contributed by atoms with Crippen molar-refractivity contribution < 1.29 is 4.74 Å². The van der Waals surface area contributed by atoms with Gasteiger partial charge in [-0.3, -0.25) is 0 Å². The van der Waals surface area contributed by atoms with Gasteiger partial charge in [0.1, 0.15) is 0 Å². The van der Waals surface area contributed by atoms with Crippen LogP contribution in [0.2, 0.25) is 0 Å². The normalized spacial score (nSPS) is 25.8. The third kappa shape index (κ3) is 2.32. The van der Waals surface area contributed by atoms with Gasteiger partial charge in [-0.1, -0.05) is 0 Å². The lowest BCUT2D eigenvalue weighted by Crippen LogP contribution is -2.29. The molecule has 1 aliphatic carbocycles. The van der Waals surface area contributed by atoms with Crippen molar-refractivity contribution in [3.63, 3.8) is 0 Å². The highest BCUT2D eigenvalue weighted by atomic mass is 32.1. The Labute approximate surface area is 94.9 Å². The Kier molecular flexibility index (Phi) is 3.26. The topological polar surface area (TPSA) is 34.1 Å².